The fourth-order valence-electron chi connectivity index (χ4n) is 9.78. The minimum atomic E-state index is -0.967. The number of aromatic nitrogens is 3. The number of hydrogen-bond acceptors (Lipinski definition) is 8. The van der Waals surface area contributed by atoms with Crippen molar-refractivity contribution in [1.82, 2.24) is 34.4 Å². The van der Waals surface area contributed by atoms with E-state index in [0.29, 0.717) is 62.4 Å². The number of carbonyl (C=O) groups is 4. The number of hydrogen-bond donors (Lipinski definition) is 5. The van der Waals surface area contributed by atoms with E-state index in [2.05, 4.69) is 25.8 Å². The molecule has 1 unspecified atom stereocenters. The van der Waals surface area contributed by atoms with Gasteiger partial charge in [-0.2, -0.15) is 9.36 Å². The molecule has 1 saturated heterocycles. The second kappa shape index (κ2) is 22.7. The molecule has 1 aromatic heterocycles. The van der Waals surface area contributed by atoms with Gasteiger partial charge in [0, 0.05) is 69.9 Å². The number of para-hydroxylation sites is 3. The third kappa shape index (κ3) is 11.2. The van der Waals surface area contributed by atoms with Crippen LogP contribution in [0.2, 0.25) is 0 Å². The third-order valence-corrected chi connectivity index (χ3v) is 13.0. The van der Waals surface area contributed by atoms with E-state index >= 15 is 0 Å². The molecule has 8 rings (SSSR count). The lowest BCUT2D eigenvalue weighted by atomic mass is 9.78. The molecule has 17 nitrogen and oxygen atoms in total. The molecule has 1 saturated carbocycles. The molecule has 1 aliphatic carbocycles. The van der Waals surface area contributed by atoms with Gasteiger partial charge in [0.15, 0.2) is 5.96 Å². The summed E-state index contributed by atoms with van der Waals surface area (Å²) in [5, 5.41) is 8.85. The van der Waals surface area contributed by atoms with Crippen molar-refractivity contribution in [2.45, 2.75) is 77.4 Å². The molecule has 7 N–H and O–H groups in total. The van der Waals surface area contributed by atoms with Crippen LogP contribution < -0.4 is 38.8 Å². The predicted molar refractivity (Wildman–Crippen MR) is 265 cm³/mol. The standard InChI is InChI=1S/C49H57N11O6.CH4.ClH/c50-46(51)53-25-13-22-40(45(64)52-26-27-58-47(65)59(34-14-3-1-4-15-34)60(48(58)66)35-16-5-2-6-17-35)54-41(61)32-49(23-11-12-24-49)33-42(62)56-28-30-57(31-29-56)43-36-18-7-8-19-37(36)44(63)55-39-21-10-9-20-38(39)43;;/h1-10,14-21,40,43H,11-13,22-33H2,(H,52,64)(H,54,61)(H,55,63)(H4,50,51,53);1H4;1H/t40-,43?;;/m0../s1. The van der Waals surface area contributed by atoms with E-state index in [4.69, 9.17) is 11.5 Å². The Morgan fingerprint density at radius 3 is 1.94 bits per heavy atom. The summed E-state index contributed by atoms with van der Waals surface area (Å²) in [6.45, 7) is 2.27. The van der Waals surface area contributed by atoms with Crippen LogP contribution in [0.15, 0.2) is 124 Å². The van der Waals surface area contributed by atoms with Gasteiger partial charge in [-0.1, -0.05) is 93.1 Å². The molecular weight excluding hydrogens is 886 g/mol. The zero-order valence-corrected chi connectivity index (χ0v) is 38.2. The van der Waals surface area contributed by atoms with E-state index in [1.807, 2.05) is 65.6 Å². The van der Waals surface area contributed by atoms with Gasteiger partial charge in [-0.3, -0.25) is 29.1 Å². The van der Waals surface area contributed by atoms with Crippen LogP contribution in [-0.4, -0.2) is 98.6 Å². The van der Waals surface area contributed by atoms with Gasteiger partial charge in [0.25, 0.3) is 5.91 Å². The van der Waals surface area contributed by atoms with Crippen molar-refractivity contribution in [3.63, 3.8) is 0 Å². The monoisotopic (exact) mass is 947 g/mol. The second-order valence-corrected chi connectivity index (χ2v) is 17.4. The Hall–Kier alpha value is -6.98. The molecule has 0 spiro atoms. The average Bonchev–Trinajstić information content (AvgIpc) is 3.84. The smallest absolute Gasteiger partial charge is 0.352 e. The van der Waals surface area contributed by atoms with Crippen molar-refractivity contribution in [3.8, 4) is 11.4 Å². The number of fused-ring (bicyclic) bond motifs is 2. The van der Waals surface area contributed by atoms with Gasteiger partial charge in [0.2, 0.25) is 17.7 Å². The van der Waals surface area contributed by atoms with Gasteiger partial charge in [-0.25, -0.2) is 14.2 Å². The number of piperazine rings is 1. The van der Waals surface area contributed by atoms with E-state index in [0.717, 1.165) is 34.2 Å². The number of rotatable bonds is 16. The average molecular weight is 949 g/mol. The second-order valence-electron chi connectivity index (χ2n) is 17.4. The molecule has 4 amide bonds. The fourth-order valence-corrected chi connectivity index (χ4v) is 9.78. The fraction of sp³-hybridized carbons (Fsp3) is 0.380. The van der Waals surface area contributed by atoms with E-state index in [1.54, 1.807) is 48.5 Å². The Morgan fingerprint density at radius 1 is 0.750 bits per heavy atom. The van der Waals surface area contributed by atoms with Crippen molar-refractivity contribution in [1.29, 1.82) is 0 Å². The zero-order chi connectivity index (χ0) is 46.2. The Kier molecular flexibility index (Phi) is 16.8. The summed E-state index contributed by atoms with van der Waals surface area (Å²) in [4.78, 5) is 91.0. The summed E-state index contributed by atoms with van der Waals surface area (Å²) < 4.78 is 3.67. The maximum Gasteiger partial charge on any atom is 0.352 e. The number of amides is 4. The zero-order valence-electron chi connectivity index (χ0n) is 37.3. The van der Waals surface area contributed by atoms with Gasteiger partial charge in [0.1, 0.15) is 6.04 Å². The van der Waals surface area contributed by atoms with Gasteiger partial charge < -0.3 is 32.3 Å². The molecular formula is C50H62ClN11O6. The van der Waals surface area contributed by atoms with Crippen LogP contribution in [0, 0.1) is 5.41 Å². The largest absolute Gasteiger partial charge is 0.370 e. The molecule has 2 aliphatic heterocycles. The van der Waals surface area contributed by atoms with Gasteiger partial charge in [-0.05, 0) is 78.6 Å². The first-order valence-corrected chi connectivity index (χ1v) is 22.7. The molecule has 2 fully saturated rings. The molecule has 3 heterocycles. The minimum absolute atomic E-state index is 0. The quantitative estimate of drug-likeness (QED) is 0.0539. The Morgan fingerprint density at radius 2 is 1.32 bits per heavy atom. The molecule has 360 valence electrons. The van der Waals surface area contributed by atoms with Crippen LogP contribution in [0.1, 0.15) is 86.3 Å². The van der Waals surface area contributed by atoms with Crippen LogP contribution in [0.4, 0.5) is 5.69 Å². The lowest BCUT2D eigenvalue weighted by molar-refractivity contribution is -0.137. The summed E-state index contributed by atoms with van der Waals surface area (Å²) in [6.07, 6.45) is 4.10. The highest BCUT2D eigenvalue weighted by Gasteiger charge is 2.41. The van der Waals surface area contributed by atoms with Crippen LogP contribution in [0.25, 0.3) is 11.4 Å². The number of halogens is 1. The van der Waals surface area contributed by atoms with Crippen LogP contribution in [0.5, 0.6) is 0 Å². The Labute approximate surface area is 402 Å². The first-order valence-electron chi connectivity index (χ1n) is 22.7. The van der Waals surface area contributed by atoms with Gasteiger partial charge in [-0.15, -0.1) is 12.4 Å². The van der Waals surface area contributed by atoms with Crippen molar-refractivity contribution >= 4 is 47.7 Å². The van der Waals surface area contributed by atoms with Crippen LogP contribution in [-0.2, 0) is 20.9 Å². The SMILES string of the molecule is C.Cl.NC(N)=NCCC[C@H](NC(=O)CC1(CC(=O)N2CCN(C3c4ccccc4NC(=O)c4ccccc43)CC2)CCCC1)C(=O)NCCn1c(=O)n(-c2ccccc2)n(-c2ccccc2)c1=O. The highest BCUT2D eigenvalue weighted by atomic mass is 35.5. The number of anilines is 1. The van der Waals surface area contributed by atoms with Crippen LogP contribution in [0.3, 0.4) is 0 Å². The number of nitrogens with two attached hydrogens (primary N) is 2. The first-order chi connectivity index (χ1) is 32.0. The summed E-state index contributed by atoms with van der Waals surface area (Å²) in [5.74, 6) is -1.06. The number of aliphatic imine (C=N–C) groups is 1. The van der Waals surface area contributed by atoms with Crippen molar-refractivity contribution in [3.05, 3.63) is 147 Å². The molecule has 18 heteroatoms. The van der Waals surface area contributed by atoms with E-state index in [1.165, 1.54) is 9.36 Å². The molecule has 4 aromatic carbocycles. The lowest BCUT2D eigenvalue weighted by Gasteiger charge is -2.41. The maximum absolute atomic E-state index is 14.1. The molecule has 0 radical (unpaired) electrons. The highest BCUT2D eigenvalue weighted by molar-refractivity contribution is 6.07. The number of nitrogens with one attached hydrogen (secondary N) is 3. The molecule has 3 aliphatic rings. The van der Waals surface area contributed by atoms with Crippen LogP contribution >= 0.6 is 12.4 Å². The Bertz CT molecular complexity index is 2630. The van der Waals surface area contributed by atoms with Gasteiger partial charge >= 0.3 is 11.4 Å². The minimum Gasteiger partial charge on any atom is -0.370 e. The summed E-state index contributed by atoms with van der Waals surface area (Å²) >= 11 is 0. The first kappa shape index (κ1) is 50.4. The summed E-state index contributed by atoms with van der Waals surface area (Å²) in [7, 11) is 0. The summed E-state index contributed by atoms with van der Waals surface area (Å²) in [5.41, 5.74) is 13.7. The Balaban J connectivity index is 0.00000381. The predicted octanol–water partition coefficient (Wildman–Crippen LogP) is 4.34. The number of benzene rings is 4. The van der Waals surface area contributed by atoms with Crippen molar-refractivity contribution in [2.75, 3.05) is 44.6 Å². The van der Waals surface area contributed by atoms with E-state index in [-0.39, 0.29) is 88.5 Å². The van der Waals surface area contributed by atoms with Crippen molar-refractivity contribution < 1.29 is 19.2 Å². The molecule has 68 heavy (non-hydrogen) atoms. The number of carbonyl (C=O) groups excluding carboxylic acids is 4. The number of guanidine groups is 1. The van der Waals surface area contributed by atoms with E-state index in [9.17, 15) is 28.8 Å². The van der Waals surface area contributed by atoms with E-state index < -0.39 is 28.7 Å². The molecule has 5 aromatic rings. The molecule has 2 atom stereocenters. The lowest BCUT2D eigenvalue weighted by Crippen LogP contribution is -2.51. The number of nitrogens with zero attached hydrogens (tertiary/aromatic N) is 6. The highest BCUT2D eigenvalue weighted by Crippen LogP contribution is 2.45. The molecule has 0 bridgehead atoms. The topological polar surface area (TPSA) is 224 Å². The van der Waals surface area contributed by atoms with Crippen molar-refractivity contribution in [2.24, 2.45) is 21.9 Å². The summed E-state index contributed by atoms with van der Waals surface area (Å²) in [6, 6.07) is 32.1. The maximum atomic E-state index is 14.1. The third-order valence-electron chi connectivity index (χ3n) is 13.0. The normalized spacial score (nSPS) is 16.6. The van der Waals surface area contributed by atoms with Gasteiger partial charge in [0.05, 0.1) is 17.4 Å².